The van der Waals surface area contributed by atoms with Gasteiger partial charge in [-0.15, -0.1) is 11.3 Å². The molecule has 0 aliphatic rings. The van der Waals surface area contributed by atoms with Gasteiger partial charge in [-0.25, -0.2) is 0 Å². The van der Waals surface area contributed by atoms with E-state index in [4.69, 9.17) is 0 Å². The molecule has 0 aromatic carbocycles. The molecule has 86 valence electrons. The highest BCUT2D eigenvalue weighted by atomic mass is 32.1. The fraction of sp³-hybridized carbons (Fsp3) is 0.667. The van der Waals surface area contributed by atoms with Crippen LogP contribution in [0.15, 0.2) is 12.1 Å². The van der Waals surface area contributed by atoms with Crippen LogP contribution in [0.2, 0.25) is 0 Å². The molecule has 2 nitrogen and oxygen atoms in total. The Balaban J connectivity index is 2.38. The zero-order valence-electron chi connectivity index (χ0n) is 10.0. The summed E-state index contributed by atoms with van der Waals surface area (Å²) in [5, 5.41) is 3.35. The Hall–Kier alpha value is -0.380. The third-order valence-electron chi connectivity index (χ3n) is 2.30. The Kier molecular flexibility index (Phi) is 5.91. The average molecular weight is 226 g/mol. The Bertz CT molecular complexity index is 270. The second kappa shape index (κ2) is 6.99. The van der Waals surface area contributed by atoms with E-state index in [1.54, 1.807) is 0 Å². The van der Waals surface area contributed by atoms with E-state index >= 15 is 0 Å². The minimum Gasteiger partial charge on any atom is -0.312 e. The van der Waals surface area contributed by atoms with Crippen molar-refractivity contribution in [2.45, 2.75) is 33.4 Å². The lowest BCUT2D eigenvalue weighted by Gasteiger charge is -2.13. The Morgan fingerprint density at radius 2 is 2.00 bits per heavy atom. The van der Waals surface area contributed by atoms with Crippen molar-refractivity contribution in [1.82, 2.24) is 10.2 Å². The van der Waals surface area contributed by atoms with Crippen LogP contribution in [0, 0.1) is 0 Å². The maximum Gasteiger partial charge on any atom is 0.0324 e. The van der Waals surface area contributed by atoms with Crippen molar-refractivity contribution in [3.63, 3.8) is 0 Å². The molecule has 1 rings (SSSR count). The van der Waals surface area contributed by atoms with Crippen molar-refractivity contribution in [2.24, 2.45) is 0 Å². The molecule has 1 N–H and O–H groups in total. The van der Waals surface area contributed by atoms with Gasteiger partial charge in [-0.1, -0.05) is 13.8 Å². The molecule has 0 unspecified atom stereocenters. The fourth-order valence-electron chi connectivity index (χ4n) is 1.58. The standard InChI is InChI=1S/C12H22N2S/c1-4-8-14(3)10-12-7-6-11(15-12)9-13-5-2/h6-7,13H,4-5,8-10H2,1-3H3. The van der Waals surface area contributed by atoms with E-state index in [0.717, 1.165) is 19.6 Å². The molecular weight excluding hydrogens is 204 g/mol. The third kappa shape index (κ3) is 4.78. The Morgan fingerprint density at radius 3 is 2.67 bits per heavy atom. The summed E-state index contributed by atoms with van der Waals surface area (Å²) in [5.41, 5.74) is 0. The van der Waals surface area contributed by atoms with Crippen LogP contribution in [-0.2, 0) is 13.1 Å². The molecule has 0 aliphatic carbocycles. The zero-order chi connectivity index (χ0) is 11.1. The van der Waals surface area contributed by atoms with Crippen LogP contribution in [0.4, 0.5) is 0 Å². The Labute approximate surface area is 97.3 Å². The number of hydrogen-bond acceptors (Lipinski definition) is 3. The summed E-state index contributed by atoms with van der Waals surface area (Å²) in [5.74, 6) is 0. The highest BCUT2D eigenvalue weighted by Crippen LogP contribution is 2.17. The molecule has 0 amide bonds. The van der Waals surface area contributed by atoms with Crippen LogP contribution in [0.3, 0.4) is 0 Å². The predicted molar refractivity (Wildman–Crippen MR) is 68.3 cm³/mol. The van der Waals surface area contributed by atoms with Crippen LogP contribution in [-0.4, -0.2) is 25.0 Å². The minimum absolute atomic E-state index is 1.01. The Morgan fingerprint density at radius 1 is 1.27 bits per heavy atom. The van der Waals surface area contributed by atoms with Crippen molar-refractivity contribution in [3.8, 4) is 0 Å². The second-order valence-corrected chi connectivity index (χ2v) is 5.14. The van der Waals surface area contributed by atoms with Crippen molar-refractivity contribution < 1.29 is 0 Å². The molecule has 1 aromatic heterocycles. The topological polar surface area (TPSA) is 15.3 Å². The summed E-state index contributed by atoms with van der Waals surface area (Å²) in [4.78, 5) is 5.29. The summed E-state index contributed by atoms with van der Waals surface area (Å²) < 4.78 is 0. The molecule has 0 aliphatic heterocycles. The minimum atomic E-state index is 1.01. The largest absolute Gasteiger partial charge is 0.312 e. The molecule has 0 saturated heterocycles. The van der Waals surface area contributed by atoms with Crippen molar-refractivity contribution in [2.75, 3.05) is 20.1 Å². The second-order valence-electron chi connectivity index (χ2n) is 3.89. The normalized spacial score (nSPS) is 11.2. The maximum absolute atomic E-state index is 3.35. The van der Waals surface area contributed by atoms with E-state index in [9.17, 15) is 0 Å². The van der Waals surface area contributed by atoms with Crippen molar-refractivity contribution >= 4 is 11.3 Å². The summed E-state index contributed by atoms with van der Waals surface area (Å²) in [6.45, 7) is 8.69. The molecular formula is C12H22N2S. The van der Waals surface area contributed by atoms with Gasteiger partial charge >= 0.3 is 0 Å². The van der Waals surface area contributed by atoms with Gasteiger partial charge in [0, 0.05) is 22.8 Å². The van der Waals surface area contributed by atoms with Gasteiger partial charge in [-0.2, -0.15) is 0 Å². The van der Waals surface area contributed by atoms with Gasteiger partial charge in [0.2, 0.25) is 0 Å². The highest BCUT2D eigenvalue weighted by Gasteiger charge is 2.02. The number of thiophene rings is 1. The molecule has 1 aromatic rings. The molecule has 0 fully saturated rings. The van der Waals surface area contributed by atoms with E-state index in [0.29, 0.717) is 0 Å². The molecule has 15 heavy (non-hydrogen) atoms. The van der Waals surface area contributed by atoms with Crippen LogP contribution in [0.25, 0.3) is 0 Å². The summed E-state index contributed by atoms with van der Waals surface area (Å²) in [6, 6.07) is 4.49. The summed E-state index contributed by atoms with van der Waals surface area (Å²) in [6.07, 6.45) is 1.23. The highest BCUT2D eigenvalue weighted by molar-refractivity contribution is 7.11. The number of nitrogens with zero attached hydrogens (tertiary/aromatic N) is 1. The molecule has 3 heteroatoms. The van der Waals surface area contributed by atoms with E-state index < -0.39 is 0 Å². The maximum atomic E-state index is 3.35. The zero-order valence-corrected chi connectivity index (χ0v) is 10.9. The van der Waals surface area contributed by atoms with E-state index in [2.05, 4.69) is 43.2 Å². The van der Waals surface area contributed by atoms with E-state index in [-0.39, 0.29) is 0 Å². The lowest BCUT2D eigenvalue weighted by atomic mass is 10.4. The monoisotopic (exact) mass is 226 g/mol. The molecule has 0 bridgehead atoms. The average Bonchev–Trinajstić information content (AvgIpc) is 2.63. The van der Waals surface area contributed by atoms with Crippen molar-refractivity contribution in [3.05, 3.63) is 21.9 Å². The van der Waals surface area contributed by atoms with Gasteiger partial charge in [0.15, 0.2) is 0 Å². The van der Waals surface area contributed by atoms with Crippen molar-refractivity contribution in [1.29, 1.82) is 0 Å². The lowest BCUT2D eigenvalue weighted by molar-refractivity contribution is 0.330. The van der Waals surface area contributed by atoms with E-state index in [1.165, 1.54) is 22.7 Å². The SMILES string of the molecule is CCCN(C)Cc1ccc(CNCC)s1. The smallest absolute Gasteiger partial charge is 0.0324 e. The third-order valence-corrected chi connectivity index (χ3v) is 3.37. The van der Waals surface area contributed by atoms with Gasteiger partial charge in [0.25, 0.3) is 0 Å². The van der Waals surface area contributed by atoms with Gasteiger partial charge < -0.3 is 10.2 Å². The van der Waals surface area contributed by atoms with Crippen LogP contribution >= 0.6 is 11.3 Å². The van der Waals surface area contributed by atoms with Crippen LogP contribution < -0.4 is 5.32 Å². The summed E-state index contributed by atoms with van der Waals surface area (Å²) >= 11 is 1.92. The molecule has 1 heterocycles. The predicted octanol–water partition coefficient (Wildman–Crippen LogP) is 2.70. The van der Waals surface area contributed by atoms with Gasteiger partial charge in [0.1, 0.15) is 0 Å². The van der Waals surface area contributed by atoms with Crippen LogP contribution in [0.5, 0.6) is 0 Å². The first-order valence-electron chi connectivity index (χ1n) is 5.73. The molecule has 0 atom stereocenters. The van der Waals surface area contributed by atoms with E-state index in [1.807, 2.05) is 11.3 Å². The summed E-state index contributed by atoms with van der Waals surface area (Å²) in [7, 11) is 2.19. The van der Waals surface area contributed by atoms with Crippen LogP contribution in [0.1, 0.15) is 30.0 Å². The molecule has 0 spiro atoms. The molecule has 0 saturated carbocycles. The molecule has 0 radical (unpaired) electrons. The first-order valence-corrected chi connectivity index (χ1v) is 6.54. The quantitative estimate of drug-likeness (QED) is 0.769. The number of nitrogens with one attached hydrogen (secondary N) is 1. The van der Waals surface area contributed by atoms with Gasteiger partial charge in [0.05, 0.1) is 0 Å². The van der Waals surface area contributed by atoms with Gasteiger partial charge in [-0.05, 0) is 38.7 Å². The first-order chi connectivity index (χ1) is 7.26. The fourth-order valence-corrected chi connectivity index (χ4v) is 2.65. The lowest BCUT2D eigenvalue weighted by Crippen LogP contribution is -2.17. The number of hydrogen-bond donors (Lipinski definition) is 1. The van der Waals surface area contributed by atoms with Gasteiger partial charge in [-0.3, -0.25) is 0 Å². The number of rotatable bonds is 7. The first kappa shape index (κ1) is 12.7.